The van der Waals surface area contributed by atoms with Gasteiger partial charge in [-0.15, -0.1) is 0 Å². The Morgan fingerprint density at radius 3 is 2.35 bits per heavy atom. The van der Waals surface area contributed by atoms with Crippen molar-refractivity contribution in [1.82, 2.24) is 5.32 Å². The first kappa shape index (κ1) is 19.8. The van der Waals surface area contributed by atoms with Crippen LogP contribution in [0.2, 0.25) is 0 Å². The van der Waals surface area contributed by atoms with E-state index >= 15 is 0 Å². The van der Waals surface area contributed by atoms with E-state index in [1.807, 2.05) is 37.3 Å². The molecule has 0 unspecified atom stereocenters. The number of hydrogen-bond acceptors (Lipinski definition) is 4. The summed E-state index contributed by atoms with van der Waals surface area (Å²) < 4.78 is 30.8. The lowest BCUT2D eigenvalue weighted by molar-refractivity contribution is -0.119. The minimum absolute atomic E-state index is 0.270. The van der Waals surface area contributed by atoms with Crippen molar-refractivity contribution >= 4 is 21.6 Å². The van der Waals surface area contributed by atoms with Gasteiger partial charge in [0.05, 0.1) is 18.5 Å². The lowest BCUT2D eigenvalue weighted by Crippen LogP contribution is -2.41. The third kappa shape index (κ3) is 5.77. The van der Waals surface area contributed by atoms with Crippen LogP contribution < -0.4 is 14.4 Å². The van der Waals surface area contributed by atoms with Crippen LogP contribution in [0.15, 0.2) is 48.5 Å². The number of ether oxygens (including phenoxy) is 1. The molecule has 0 fully saturated rings. The zero-order valence-electron chi connectivity index (χ0n) is 15.2. The normalized spacial score (nSPS) is 11.0. The Morgan fingerprint density at radius 1 is 1.08 bits per heavy atom. The van der Waals surface area contributed by atoms with Crippen LogP contribution in [0.1, 0.15) is 11.1 Å². The Morgan fingerprint density at radius 2 is 1.73 bits per heavy atom. The zero-order valence-corrected chi connectivity index (χ0v) is 16.0. The van der Waals surface area contributed by atoms with Crippen LogP contribution >= 0.6 is 0 Å². The molecule has 0 aliphatic heterocycles. The topological polar surface area (TPSA) is 75.7 Å². The summed E-state index contributed by atoms with van der Waals surface area (Å²) in [4.78, 5) is 12.2. The van der Waals surface area contributed by atoms with Crippen LogP contribution in [-0.2, 0) is 14.8 Å². The summed E-state index contributed by atoms with van der Waals surface area (Å²) in [6.07, 6.45) is 1.09. The van der Waals surface area contributed by atoms with E-state index in [1.54, 1.807) is 25.1 Å². The van der Waals surface area contributed by atoms with E-state index in [9.17, 15) is 13.2 Å². The van der Waals surface area contributed by atoms with Crippen LogP contribution in [0.3, 0.4) is 0 Å². The molecule has 1 N–H and O–H groups in total. The molecule has 1 amide bonds. The van der Waals surface area contributed by atoms with Crippen molar-refractivity contribution in [3.8, 4) is 5.75 Å². The minimum atomic E-state index is -3.57. The molecule has 0 heterocycles. The third-order valence-corrected chi connectivity index (χ3v) is 4.91. The van der Waals surface area contributed by atoms with E-state index in [2.05, 4.69) is 5.32 Å². The molecule has 140 valence electrons. The Kier molecular flexibility index (Phi) is 6.63. The number of amides is 1. The summed E-state index contributed by atoms with van der Waals surface area (Å²) in [5.74, 6) is 0.341. The van der Waals surface area contributed by atoms with Gasteiger partial charge in [-0.3, -0.25) is 9.10 Å². The van der Waals surface area contributed by atoms with Crippen LogP contribution in [0.5, 0.6) is 5.75 Å². The van der Waals surface area contributed by atoms with E-state index in [1.165, 1.54) is 0 Å². The molecule has 0 saturated heterocycles. The first-order valence-corrected chi connectivity index (χ1v) is 10.1. The molecule has 2 aromatic carbocycles. The summed E-state index contributed by atoms with van der Waals surface area (Å²) >= 11 is 0. The Labute approximate surface area is 154 Å². The predicted octanol–water partition coefficient (Wildman–Crippen LogP) is 2.26. The molecule has 2 rings (SSSR count). The molecule has 0 bridgehead atoms. The van der Waals surface area contributed by atoms with Crippen LogP contribution in [-0.4, -0.2) is 40.3 Å². The Balaban J connectivity index is 1.89. The second-order valence-electron chi connectivity index (χ2n) is 6.07. The average molecular weight is 376 g/mol. The maximum Gasteiger partial charge on any atom is 0.240 e. The first-order chi connectivity index (χ1) is 12.3. The van der Waals surface area contributed by atoms with Crippen LogP contribution in [0.4, 0.5) is 5.69 Å². The highest BCUT2D eigenvalue weighted by molar-refractivity contribution is 7.92. The monoisotopic (exact) mass is 376 g/mol. The maximum absolute atomic E-state index is 12.2. The largest absolute Gasteiger partial charge is 0.492 e. The molecule has 0 aromatic heterocycles. The molecule has 2 aromatic rings. The number of carbonyl (C=O) groups is 1. The second-order valence-corrected chi connectivity index (χ2v) is 7.97. The molecule has 7 heteroatoms. The van der Waals surface area contributed by atoms with Gasteiger partial charge in [-0.25, -0.2) is 8.42 Å². The van der Waals surface area contributed by atoms with Gasteiger partial charge in [-0.1, -0.05) is 35.9 Å². The molecule has 0 aliphatic rings. The zero-order chi connectivity index (χ0) is 19.2. The fourth-order valence-corrected chi connectivity index (χ4v) is 3.32. The minimum Gasteiger partial charge on any atom is -0.492 e. The first-order valence-electron chi connectivity index (χ1n) is 8.27. The fraction of sp³-hybridized carbons (Fsp3) is 0.316. The summed E-state index contributed by atoms with van der Waals surface area (Å²) in [5.41, 5.74) is 2.43. The smallest absolute Gasteiger partial charge is 0.240 e. The molecule has 0 saturated carbocycles. The maximum atomic E-state index is 12.2. The SMILES string of the molecule is Cc1ccc(OCCNC(=O)CN(c2ccccc2C)S(C)(=O)=O)cc1. The van der Waals surface area contributed by atoms with Crippen molar-refractivity contribution in [2.45, 2.75) is 13.8 Å². The highest BCUT2D eigenvalue weighted by Gasteiger charge is 2.21. The molecule has 6 nitrogen and oxygen atoms in total. The number of para-hydroxylation sites is 1. The van der Waals surface area contributed by atoms with Crippen molar-refractivity contribution in [1.29, 1.82) is 0 Å². The quantitative estimate of drug-likeness (QED) is 0.717. The van der Waals surface area contributed by atoms with Crippen LogP contribution in [0.25, 0.3) is 0 Å². The molecule has 26 heavy (non-hydrogen) atoms. The number of anilines is 1. The van der Waals surface area contributed by atoms with Gasteiger partial charge in [0.2, 0.25) is 15.9 Å². The highest BCUT2D eigenvalue weighted by atomic mass is 32.2. The summed E-state index contributed by atoms with van der Waals surface area (Å²) in [6, 6.07) is 14.7. The molecule has 0 radical (unpaired) electrons. The van der Waals surface area contributed by atoms with E-state index in [4.69, 9.17) is 4.74 Å². The van der Waals surface area contributed by atoms with Gasteiger partial charge < -0.3 is 10.1 Å². The number of rotatable bonds is 8. The second kappa shape index (κ2) is 8.71. The van der Waals surface area contributed by atoms with E-state index in [0.29, 0.717) is 12.3 Å². The molecule has 0 atom stereocenters. The van der Waals surface area contributed by atoms with Gasteiger partial charge in [0.1, 0.15) is 18.9 Å². The van der Waals surface area contributed by atoms with Gasteiger partial charge in [0.15, 0.2) is 0 Å². The number of benzene rings is 2. The Bertz CT molecular complexity index is 848. The van der Waals surface area contributed by atoms with Gasteiger partial charge in [0.25, 0.3) is 0 Å². The number of hydrogen-bond donors (Lipinski definition) is 1. The lowest BCUT2D eigenvalue weighted by atomic mass is 10.2. The molecule has 0 spiro atoms. The lowest BCUT2D eigenvalue weighted by Gasteiger charge is -2.23. The van der Waals surface area contributed by atoms with E-state index < -0.39 is 10.0 Å². The highest BCUT2D eigenvalue weighted by Crippen LogP contribution is 2.21. The number of aryl methyl sites for hydroxylation is 2. The number of carbonyl (C=O) groups excluding carboxylic acids is 1. The standard InChI is InChI=1S/C19H24N2O4S/c1-15-8-10-17(11-9-15)25-13-12-20-19(22)14-21(26(3,23)24)18-7-5-4-6-16(18)2/h4-11H,12-14H2,1-3H3,(H,20,22). The van der Waals surface area contributed by atoms with Gasteiger partial charge >= 0.3 is 0 Å². The van der Waals surface area contributed by atoms with E-state index in [0.717, 1.165) is 27.4 Å². The van der Waals surface area contributed by atoms with Crippen molar-refractivity contribution in [3.63, 3.8) is 0 Å². The van der Waals surface area contributed by atoms with Gasteiger partial charge in [-0.05, 0) is 37.6 Å². The van der Waals surface area contributed by atoms with Gasteiger partial charge in [0, 0.05) is 0 Å². The number of sulfonamides is 1. The summed E-state index contributed by atoms with van der Waals surface area (Å²) in [5, 5.41) is 2.69. The van der Waals surface area contributed by atoms with Crippen LogP contribution in [0, 0.1) is 13.8 Å². The molecular weight excluding hydrogens is 352 g/mol. The van der Waals surface area contributed by atoms with Crippen molar-refractivity contribution in [2.24, 2.45) is 0 Å². The predicted molar refractivity (Wildman–Crippen MR) is 103 cm³/mol. The third-order valence-electron chi connectivity index (χ3n) is 3.79. The summed E-state index contributed by atoms with van der Waals surface area (Å²) in [6.45, 7) is 4.12. The Hall–Kier alpha value is -2.54. The molecular formula is C19H24N2O4S. The van der Waals surface area contributed by atoms with Crippen molar-refractivity contribution in [2.75, 3.05) is 30.3 Å². The summed E-state index contributed by atoms with van der Waals surface area (Å²) in [7, 11) is -3.57. The van der Waals surface area contributed by atoms with Gasteiger partial charge in [-0.2, -0.15) is 0 Å². The fourth-order valence-electron chi connectivity index (χ4n) is 2.40. The number of nitrogens with zero attached hydrogens (tertiary/aromatic N) is 1. The average Bonchev–Trinajstić information content (AvgIpc) is 2.58. The van der Waals surface area contributed by atoms with Crippen molar-refractivity contribution in [3.05, 3.63) is 59.7 Å². The van der Waals surface area contributed by atoms with E-state index in [-0.39, 0.29) is 19.0 Å². The number of nitrogens with one attached hydrogen (secondary N) is 1. The molecule has 0 aliphatic carbocycles. The van der Waals surface area contributed by atoms with Crippen molar-refractivity contribution < 1.29 is 17.9 Å².